The number of nitrogens with one attached hydrogen (secondary N) is 2. The van der Waals surface area contributed by atoms with E-state index in [9.17, 15) is 9.59 Å². The average molecular weight is 392 g/mol. The Labute approximate surface area is 169 Å². The fourth-order valence-corrected chi connectivity index (χ4v) is 2.77. The van der Waals surface area contributed by atoms with Gasteiger partial charge in [0.1, 0.15) is 11.5 Å². The standard InChI is InChI=1S/C23H24N2O4/c1-15(2)28-20-10-6-9-19(14-20)23(27)25-24-22(26)16(3)29-21-12-11-17-7-4-5-8-18(17)13-21/h4-16H,1-3H3,(H,24,26)(H,25,27). The number of fused-ring (bicyclic) bond motifs is 1. The Hall–Kier alpha value is -3.54. The molecule has 6 heteroatoms. The maximum atomic E-state index is 12.3. The van der Waals surface area contributed by atoms with Crippen LogP contribution < -0.4 is 20.3 Å². The smallest absolute Gasteiger partial charge is 0.279 e. The van der Waals surface area contributed by atoms with Gasteiger partial charge in [0.2, 0.25) is 0 Å². The normalized spacial score (nSPS) is 11.7. The molecule has 29 heavy (non-hydrogen) atoms. The molecule has 3 aromatic rings. The van der Waals surface area contributed by atoms with Gasteiger partial charge in [-0.2, -0.15) is 0 Å². The molecule has 6 nitrogen and oxygen atoms in total. The fraction of sp³-hybridized carbons (Fsp3) is 0.217. The highest BCUT2D eigenvalue weighted by Gasteiger charge is 2.16. The molecule has 0 aliphatic rings. The van der Waals surface area contributed by atoms with E-state index in [2.05, 4.69) is 10.9 Å². The topological polar surface area (TPSA) is 76.7 Å². The van der Waals surface area contributed by atoms with Crippen molar-refractivity contribution in [3.8, 4) is 11.5 Å². The first kappa shape index (κ1) is 20.2. The lowest BCUT2D eigenvalue weighted by Crippen LogP contribution is -2.47. The Kier molecular flexibility index (Phi) is 6.34. The van der Waals surface area contributed by atoms with Crippen LogP contribution in [0.25, 0.3) is 10.8 Å². The van der Waals surface area contributed by atoms with Crippen LogP contribution in [0.2, 0.25) is 0 Å². The van der Waals surface area contributed by atoms with Crippen LogP contribution in [0.4, 0.5) is 0 Å². The molecule has 0 bridgehead atoms. The van der Waals surface area contributed by atoms with Gasteiger partial charge < -0.3 is 9.47 Å². The van der Waals surface area contributed by atoms with Crippen molar-refractivity contribution < 1.29 is 19.1 Å². The van der Waals surface area contributed by atoms with Gasteiger partial charge in [-0.3, -0.25) is 20.4 Å². The monoisotopic (exact) mass is 392 g/mol. The molecule has 0 saturated carbocycles. The van der Waals surface area contributed by atoms with Crippen LogP contribution in [0.1, 0.15) is 31.1 Å². The third-order valence-electron chi connectivity index (χ3n) is 4.17. The number of rotatable bonds is 6. The SMILES string of the molecule is CC(C)Oc1cccc(C(=O)NNC(=O)C(C)Oc2ccc3ccccc3c2)c1. The summed E-state index contributed by atoms with van der Waals surface area (Å²) in [6.45, 7) is 5.43. The molecule has 2 amide bonds. The summed E-state index contributed by atoms with van der Waals surface area (Å²) < 4.78 is 11.3. The first-order chi connectivity index (χ1) is 13.9. The Morgan fingerprint density at radius 3 is 2.24 bits per heavy atom. The van der Waals surface area contributed by atoms with Crippen molar-refractivity contribution in [2.24, 2.45) is 0 Å². The molecule has 3 rings (SSSR count). The van der Waals surface area contributed by atoms with E-state index in [4.69, 9.17) is 9.47 Å². The van der Waals surface area contributed by atoms with Crippen LogP contribution in [0, 0.1) is 0 Å². The van der Waals surface area contributed by atoms with Gasteiger partial charge in [0.25, 0.3) is 11.8 Å². The van der Waals surface area contributed by atoms with E-state index < -0.39 is 17.9 Å². The summed E-state index contributed by atoms with van der Waals surface area (Å²) in [6, 6.07) is 20.3. The molecule has 0 saturated heterocycles. The quantitative estimate of drug-likeness (QED) is 0.625. The van der Waals surface area contributed by atoms with E-state index in [1.54, 1.807) is 31.2 Å². The molecule has 2 N–H and O–H groups in total. The second kappa shape index (κ2) is 9.10. The Morgan fingerprint density at radius 1 is 0.759 bits per heavy atom. The van der Waals surface area contributed by atoms with E-state index in [-0.39, 0.29) is 6.10 Å². The van der Waals surface area contributed by atoms with E-state index in [0.717, 1.165) is 10.8 Å². The summed E-state index contributed by atoms with van der Waals surface area (Å²) in [7, 11) is 0. The van der Waals surface area contributed by atoms with Crippen LogP contribution >= 0.6 is 0 Å². The molecule has 0 aliphatic carbocycles. The minimum atomic E-state index is -0.785. The first-order valence-electron chi connectivity index (χ1n) is 9.45. The summed E-state index contributed by atoms with van der Waals surface area (Å²) in [5.41, 5.74) is 5.18. The number of benzene rings is 3. The van der Waals surface area contributed by atoms with Crippen LogP contribution in [-0.2, 0) is 4.79 Å². The van der Waals surface area contributed by atoms with Gasteiger partial charge in [-0.15, -0.1) is 0 Å². The van der Waals surface area contributed by atoms with Gasteiger partial charge in [-0.05, 0) is 61.9 Å². The predicted octanol–water partition coefficient (Wildman–Crippen LogP) is 3.86. The van der Waals surface area contributed by atoms with Crippen LogP contribution in [-0.4, -0.2) is 24.0 Å². The highest BCUT2D eigenvalue weighted by molar-refractivity contribution is 5.96. The maximum Gasteiger partial charge on any atom is 0.279 e. The molecular weight excluding hydrogens is 368 g/mol. The second-order valence-corrected chi connectivity index (χ2v) is 6.91. The maximum absolute atomic E-state index is 12.3. The molecule has 0 radical (unpaired) electrons. The van der Waals surface area contributed by atoms with E-state index in [0.29, 0.717) is 17.1 Å². The highest BCUT2D eigenvalue weighted by atomic mass is 16.5. The third kappa shape index (κ3) is 5.48. The Balaban J connectivity index is 1.56. The average Bonchev–Trinajstić information content (AvgIpc) is 2.71. The molecule has 1 unspecified atom stereocenters. The second-order valence-electron chi connectivity index (χ2n) is 6.91. The molecule has 0 spiro atoms. The van der Waals surface area contributed by atoms with Gasteiger partial charge in [-0.25, -0.2) is 0 Å². The Morgan fingerprint density at radius 2 is 1.48 bits per heavy atom. The van der Waals surface area contributed by atoms with Gasteiger partial charge >= 0.3 is 0 Å². The van der Waals surface area contributed by atoms with E-state index in [1.165, 1.54) is 0 Å². The molecular formula is C23H24N2O4. The summed E-state index contributed by atoms with van der Waals surface area (Å²) in [5.74, 6) is 0.273. The van der Waals surface area contributed by atoms with E-state index >= 15 is 0 Å². The lowest BCUT2D eigenvalue weighted by Gasteiger charge is -2.16. The minimum absolute atomic E-state index is 0.00104. The molecule has 0 heterocycles. The van der Waals surface area contributed by atoms with Crippen molar-refractivity contribution in [2.75, 3.05) is 0 Å². The van der Waals surface area contributed by atoms with Gasteiger partial charge in [0.05, 0.1) is 6.10 Å². The molecule has 1 atom stereocenters. The van der Waals surface area contributed by atoms with Crippen LogP contribution in [0.3, 0.4) is 0 Å². The van der Waals surface area contributed by atoms with Crippen molar-refractivity contribution in [1.29, 1.82) is 0 Å². The summed E-state index contributed by atoms with van der Waals surface area (Å²) >= 11 is 0. The third-order valence-corrected chi connectivity index (χ3v) is 4.17. The number of hydrazine groups is 1. The summed E-state index contributed by atoms with van der Waals surface area (Å²) in [5, 5.41) is 2.11. The van der Waals surface area contributed by atoms with Crippen molar-refractivity contribution in [1.82, 2.24) is 10.9 Å². The lowest BCUT2D eigenvalue weighted by atomic mass is 10.1. The zero-order valence-corrected chi connectivity index (χ0v) is 16.6. The molecule has 0 fully saturated rings. The zero-order chi connectivity index (χ0) is 20.8. The van der Waals surface area contributed by atoms with Gasteiger partial charge in [0, 0.05) is 5.56 Å². The summed E-state index contributed by atoms with van der Waals surface area (Å²) in [4.78, 5) is 24.6. The van der Waals surface area contributed by atoms with Crippen molar-refractivity contribution in [3.05, 3.63) is 72.3 Å². The molecule has 0 aromatic heterocycles. The van der Waals surface area contributed by atoms with E-state index in [1.807, 2.05) is 56.3 Å². The molecule has 3 aromatic carbocycles. The number of hydrogen-bond donors (Lipinski definition) is 2. The Bertz CT molecular complexity index is 1020. The number of hydrogen-bond acceptors (Lipinski definition) is 4. The predicted molar refractivity (Wildman–Crippen MR) is 112 cm³/mol. The summed E-state index contributed by atoms with van der Waals surface area (Å²) in [6.07, 6.45) is -0.784. The number of carbonyl (C=O) groups is 2. The fourth-order valence-electron chi connectivity index (χ4n) is 2.77. The largest absolute Gasteiger partial charge is 0.491 e. The molecule has 0 aliphatic heterocycles. The van der Waals surface area contributed by atoms with Crippen molar-refractivity contribution in [3.63, 3.8) is 0 Å². The van der Waals surface area contributed by atoms with Gasteiger partial charge in [-0.1, -0.05) is 36.4 Å². The number of amides is 2. The van der Waals surface area contributed by atoms with Gasteiger partial charge in [0.15, 0.2) is 6.10 Å². The highest BCUT2D eigenvalue weighted by Crippen LogP contribution is 2.21. The zero-order valence-electron chi connectivity index (χ0n) is 16.6. The lowest BCUT2D eigenvalue weighted by molar-refractivity contribution is -0.128. The first-order valence-corrected chi connectivity index (χ1v) is 9.45. The van der Waals surface area contributed by atoms with Crippen molar-refractivity contribution in [2.45, 2.75) is 33.0 Å². The molecule has 150 valence electrons. The van der Waals surface area contributed by atoms with Crippen LogP contribution in [0.15, 0.2) is 66.7 Å². The van der Waals surface area contributed by atoms with Crippen LogP contribution in [0.5, 0.6) is 11.5 Å². The number of ether oxygens (including phenoxy) is 2. The van der Waals surface area contributed by atoms with Crippen molar-refractivity contribution >= 4 is 22.6 Å². The minimum Gasteiger partial charge on any atom is -0.491 e. The number of carbonyl (C=O) groups excluding carboxylic acids is 2.